The number of aliphatic hydroxyl groups excluding tert-OH is 1. The first-order valence-corrected chi connectivity index (χ1v) is 6.01. The molecule has 0 spiro atoms. The van der Waals surface area contributed by atoms with E-state index in [1.807, 2.05) is 13.8 Å². The average molecular weight is 255 g/mol. The van der Waals surface area contributed by atoms with E-state index in [1.54, 1.807) is 24.9 Å². The zero-order valence-corrected chi connectivity index (χ0v) is 11.3. The van der Waals surface area contributed by atoms with Gasteiger partial charge < -0.3 is 9.63 Å². The van der Waals surface area contributed by atoms with Gasteiger partial charge in [0.05, 0.1) is 18.3 Å². The predicted octanol–water partition coefficient (Wildman–Crippen LogP) is 1.05. The number of likely N-dealkylation sites (N-methyl/N-ethyl adjacent to an activating group) is 1. The van der Waals surface area contributed by atoms with Gasteiger partial charge in [0.1, 0.15) is 0 Å². The molecule has 102 valence electrons. The van der Waals surface area contributed by atoms with Crippen molar-refractivity contribution in [3.05, 3.63) is 11.8 Å². The summed E-state index contributed by atoms with van der Waals surface area (Å²) in [7, 11) is 1.77. The lowest BCUT2D eigenvalue weighted by molar-refractivity contribution is -0.117. The highest BCUT2D eigenvalue weighted by atomic mass is 16.5. The second-order valence-corrected chi connectivity index (χ2v) is 4.86. The minimum absolute atomic E-state index is 0.190. The number of nitrogens with zero attached hydrogens (tertiary/aromatic N) is 2. The van der Waals surface area contributed by atoms with Crippen LogP contribution in [0, 0.1) is 0 Å². The second kappa shape index (κ2) is 6.51. The Morgan fingerprint density at radius 3 is 2.72 bits per heavy atom. The number of carbonyl (C=O) groups excluding carboxylic acids is 1. The third-order valence-corrected chi connectivity index (χ3v) is 2.37. The third-order valence-electron chi connectivity index (χ3n) is 2.37. The molecular weight excluding hydrogens is 234 g/mol. The topological polar surface area (TPSA) is 78.6 Å². The Hall–Kier alpha value is -1.40. The molecule has 18 heavy (non-hydrogen) atoms. The molecule has 2 N–H and O–H groups in total. The molecule has 6 nitrogen and oxygen atoms in total. The van der Waals surface area contributed by atoms with E-state index < -0.39 is 6.10 Å². The van der Waals surface area contributed by atoms with Crippen molar-refractivity contribution in [2.24, 2.45) is 0 Å². The lowest BCUT2D eigenvalue weighted by atomic mass is 10.1. The first-order chi connectivity index (χ1) is 8.38. The number of anilines is 1. The van der Waals surface area contributed by atoms with Gasteiger partial charge in [0, 0.05) is 12.6 Å². The van der Waals surface area contributed by atoms with Gasteiger partial charge in [-0.15, -0.1) is 0 Å². The summed E-state index contributed by atoms with van der Waals surface area (Å²) in [5.41, 5.74) is 0.808. The molecular formula is C12H21N3O3. The van der Waals surface area contributed by atoms with E-state index in [0.717, 1.165) is 5.69 Å². The molecule has 1 rings (SSSR count). The number of amides is 1. The summed E-state index contributed by atoms with van der Waals surface area (Å²) in [4.78, 5) is 13.4. The van der Waals surface area contributed by atoms with E-state index in [-0.39, 0.29) is 18.4 Å². The summed E-state index contributed by atoms with van der Waals surface area (Å²) < 4.78 is 5.01. The van der Waals surface area contributed by atoms with Crippen LogP contribution in [0.1, 0.15) is 32.4 Å². The quantitative estimate of drug-likeness (QED) is 0.794. The van der Waals surface area contributed by atoms with Gasteiger partial charge in [-0.3, -0.25) is 15.0 Å². The molecule has 0 aromatic carbocycles. The highest BCUT2D eigenvalue weighted by Gasteiger charge is 2.12. The average Bonchev–Trinajstić information content (AvgIpc) is 2.63. The van der Waals surface area contributed by atoms with Crippen molar-refractivity contribution < 1.29 is 14.4 Å². The van der Waals surface area contributed by atoms with Crippen LogP contribution in [0.15, 0.2) is 10.6 Å². The number of hydrogen-bond acceptors (Lipinski definition) is 5. The summed E-state index contributed by atoms with van der Waals surface area (Å²) in [6.07, 6.45) is -0.458. The first kappa shape index (κ1) is 14.7. The monoisotopic (exact) mass is 255 g/mol. The smallest absolute Gasteiger partial charge is 0.240 e. The van der Waals surface area contributed by atoms with Crippen molar-refractivity contribution in [3.63, 3.8) is 0 Å². The fourth-order valence-electron chi connectivity index (χ4n) is 1.56. The molecule has 0 saturated heterocycles. The summed E-state index contributed by atoms with van der Waals surface area (Å²) in [6, 6.07) is 1.72. The minimum Gasteiger partial charge on any atom is -0.392 e. The fourth-order valence-corrected chi connectivity index (χ4v) is 1.56. The molecule has 1 unspecified atom stereocenters. The van der Waals surface area contributed by atoms with Crippen LogP contribution in [0.4, 0.5) is 5.88 Å². The van der Waals surface area contributed by atoms with Gasteiger partial charge in [0.2, 0.25) is 11.8 Å². The number of nitrogens with one attached hydrogen (secondary N) is 1. The zero-order valence-electron chi connectivity index (χ0n) is 11.3. The SMILES string of the molecule is CC(O)CN(C)CC(=O)Nc1cc(C(C)C)no1. The molecule has 0 bridgehead atoms. The lowest BCUT2D eigenvalue weighted by Crippen LogP contribution is -2.34. The molecule has 1 aromatic rings. The molecule has 0 saturated carbocycles. The Labute approximate surface area is 107 Å². The van der Waals surface area contributed by atoms with Gasteiger partial charge in [-0.25, -0.2) is 0 Å². The molecule has 0 aliphatic carbocycles. The first-order valence-electron chi connectivity index (χ1n) is 6.01. The number of carbonyl (C=O) groups is 1. The van der Waals surface area contributed by atoms with Gasteiger partial charge in [-0.05, 0) is 19.9 Å². The zero-order chi connectivity index (χ0) is 13.7. The van der Waals surface area contributed by atoms with Crippen molar-refractivity contribution >= 4 is 11.8 Å². The largest absolute Gasteiger partial charge is 0.392 e. The van der Waals surface area contributed by atoms with E-state index in [9.17, 15) is 9.90 Å². The maximum absolute atomic E-state index is 11.7. The summed E-state index contributed by atoms with van der Waals surface area (Å²) >= 11 is 0. The van der Waals surface area contributed by atoms with Crippen LogP contribution in [-0.4, -0.2) is 47.3 Å². The molecule has 0 radical (unpaired) electrons. The molecule has 0 fully saturated rings. The molecule has 1 amide bonds. The van der Waals surface area contributed by atoms with Crippen LogP contribution in [0.25, 0.3) is 0 Å². The Kier molecular flexibility index (Phi) is 5.30. The van der Waals surface area contributed by atoms with Crippen molar-refractivity contribution in [2.75, 3.05) is 25.5 Å². The second-order valence-electron chi connectivity index (χ2n) is 4.86. The number of aliphatic hydroxyl groups is 1. The van der Waals surface area contributed by atoms with Crippen LogP contribution in [0.3, 0.4) is 0 Å². The number of rotatable bonds is 6. The van der Waals surface area contributed by atoms with E-state index in [2.05, 4.69) is 10.5 Å². The molecule has 6 heteroatoms. The number of hydrogen-bond donors (Lipinski definition) is 2. The van der Waals surface area contributed by atoms with E-state index in [1.165, 1.54) is 0 Å². The molecule has 0 aliphatic rings. The van der Waals surface area contributed by atoms with Crippen molar-refractivity contribution in [3.8, 4) is 0 Å². The Morgan fingerprint density at radius 2 is 2.22 bits per heavy atom. The maximum Gasteiger partial charge on any atom is 0.240 e. The summed E-state index contributed by atoms with van der Waals surface area (Å²) in [6.45, 7) is 6.32. The molecule has 1 atom stereocenters. The Bertz CT molecular complexity index is 388. The van der Waals surface area contributed by atoms with Gasteiger partial charge in [-0.1, -0.05) is 19.0 Å². The highest BCUT2D eigenvalue weighted by molar-refractivity contribution is 5.90. The summed E-state index contributed by atoms with van der Waals surface area (Å²) in [5, 5.41) is 15.7. The van der Waals surface area contributed by atoms with E-state index in [0.29, 0.717) is 12.4 Å². The third kappa shape index (κ3) is 4.85. The normalized spacial score (nSPS) is 13.1. The minimum atomic E-state index is -0.458. The van der Waals surface area contributed by atoms with Crippen LogP contribution in [0.2, 0.25) is 0 Å². The fraction of sp³-hybridized carbons (Fsp3) is 0.667. The van der Waals surface area contributed by atoms with Gasteiger partial charge >= 0.3 is 0 Å². The van der Waals surface area contributed by atoms with Crippen LogP contribution < -0.4 is 5.32 Å². The molecule has 1 heterocycles. The highest BCUT2D eigenvalue weighted by Crippen LogP contribution is 2.17. The van der Waals surface area contributed by atoms with E-state index in [4.69, 9.17) is 4.52 Å². The van der Waals surface area contributed by atoms with Crippen molar-refractivity contribution in [1.82, 2.24) is 10.1 Å². The standard InChI is InChI=1S/C12H21N3O3/c1-8(2)10-5-12(18-14-10)13-11(17)7-15(4)6-9(3)16/h5,8-9,16H,6-7H2,1-4H3,(H,13,17). The van der Waals surface area contributed by atoms with Crippen molar-refractivity contribution in [2.45, 2.75) is 32.8 Å². The van der Waals surface area contributed by atoms with Gasteiger partial charge in [0.15, 0.2) is 0 Å². The molecule has 0 aliphatic heterocycles. The maximum atomic E-state index is 11.7. The van der Waals surface area contributed by atoms with Crippen LogP contribution >= 0.6 is 0 Å². The Balaban J connectivity index is 2.44. The number of aromatic nitrogens is 1. The van der Waals surface area contributed by atoms with Crippen LogP contribution in [-0.2, 0) is 4.79 Å². The Morgan fingerprint density at radius 1 is 1.56 bits per heavy atom. The predicted molar refractivity (Wildman–Crippen MR) is 68.4 cm³/mol. The van der Waals surface area contributed by atoms with E-state index >= 15 is 0 Å². The van der Waals surface area contributed by atoms with Crippen LogP contribution in [0.5, 0.6) is 0 Å². The molecule has 1 aromatic heterocycles. The van der Waals surface area contributed by atoms with Gasteiger partial charge in [-0.2, -0.15) is 0 Å². The van der Waals surface area contributed by atoms with Crippen molar-refractivity contribution in [1.29, 1.82) is 0 Å². The summed E-state index contributed by atoms with van der Waals surface area (Å²) in [5.74, 6) is 0.427. The van der Waals surface area contributed by atoms with Gasteiger partial charge in [0.25, 0.3) is 0 Å². The lowest BCUT2D eigenvalue weighted by Gasteiger charge is -2.16.